The fourth-order valence-electron chi connectivity index (χ4n) is 1.72. The second-order valence-corrected chi connectivity index (χ2v) is 6.46. The van der Waals surface area contributed by atoms with Crippen molar-refractivity contribution in [3.63, 3.8) is 0 Å². The van der Waals surface area contributed by atoms with Gasteiger partial charge in [-0.05, 0) is 24.3 Å². The number of quaternary nitrogens is 1. The van der Waals surface area contributed by atoms with Gasteiger partial charge in [0.15, 0.2) is 0 Å². The van der Waals surface area contributed by atoms with Crippen molar-refractivity contribution >= 4 is 22.0 Å². The van der Waals surface area contributed by atoms with Crippen molar-refractivity contribution in [1.82, 2.24) is 10.6 Å². The molecule has 3 amide bonds. The number of hydrogen-bond donors (Lipinski definition) is 4. The highest BCUT2D eigenvalue weighted by atomic mass is 32.2. The molecule has 0 unspecified atom stereocenters. The third-order valence-electron chi connectivity index (χ3n) is 2.92. The molecular weight excluding hydrogens is 352 g/mol. The summed E-state index contributed by atoms with van der Waals surface area (Å²) < 4.78 is 32.7. The van der Waals surface area contributed by atoms with Crippen LogP contribution in [0.3, 0.4) is 0 Å². The van der Waals surface area contributed by atoms with Gasteiger partial charge < -0.3 is 20.1 Å². The van der Waals surface area contributed by atoms with Gasteiger partial charge >= 0.3 is 6.03 Å². The summed E-state index contributed by atoms with van der Waals surface area (Å²) in [7, 11) is -3.77. The summed E-state index contributed by atoms with van der Waals surface area (Å²) >= 11 is 0. The largest absolute Gasteiger partial charge is 0.411 e. The molecule has 0 bridgehead atoms. The molecule has 0 aromatic heterocycles. The van der Waals surface area contributed by atoms with Gasteiger partial charge in [0.2, 0.25) is 10.0 Å². The molecule has 7 N–H and O–H groups in total. The van der Waals surface area contributed by atoms with Crippen LogP contribution in [0.2, 0.25) is 0 Å². The topological polar surface area (TPSA) is 164 Å². The lowest BCUT2D eigenvalue weighted by molar-refractivity contribution is -0.250. The first-order valence-corrected chi connectivity index (χ1v) is 9.01. The number of hydrogen-bond acceptors (Lipinski definition) is 6. The zero-order valence-corrected chi connectivity index (χ0v) is 14.5. The molecule has 0 saturated carbocycles. The number of ether oxygens (including phenoxy) is 2. The predicted molar refractivity (Wildman–Crippen MR) is 88.1 cm³/mol. The highest BCUT2D eigenvalue weighted by molar-refractivity contribution is 7.89. The first-order valence-electron chi connectivity index (χ1n) is 7.47. The summed E-state index contributed by atoms with van der Waals surface area (Å²) in [4.78, 5) is 22.3. The molecule has 11 heteroatoms. The first kappa shape index (κ1) is 21.0. The molecule has 0 spiro atoms. The third-order valence-corrected chi connectivity index (χ3v) is 3.85. The fraction of sp³-hybridized carbons (Fsp3) is 0.429. The van der Waals surface area contributed by atoms with Crippen LogP contribution in [0.5, 0.6) is 0 Å². The van der Waals surface area contributed by atoms with Crippen molar-refractivity contribution < 1.29 is 33.2 Å². The monoisotopic (exact) mass is 375 g/mol. The van der Waals surface area contributed by atoms with E-state index in [1.807, 2.05) is 0 Å². The maximum atomic E-state index is 11.9. The van der Waals surface area contributed by atoms with E-state index in [9.17, 15) is 18.0 Å². The van der Waals surface area contributed by atoms with E-state index in [0.717, 1.165) is 0 Å². The molecular formula is C14H23N4O6S+. The zero-order valence-electron chi connectivity index (χ0n) is 13.7. The first-order chi connectivity index (χ1) is 11.8. The summed E-state index contributed by atoms with van der Waals surface area (Å²) in [5.41, 5.74) is 3.48. The molecule has 0 atom stereocenters. The number of nitrogens with one attached hydrogen (secondary N) is 2. The Hall–Kier alpha value is -2.05. The molecule has 25 heavy (non-hydrogen) atoms. The minimum atomic E-state index is -3.77. The minimum absolute atomic E-state index is 0.0536. The SMILES string of the molecule is NS(=O)(=O)c1ccc(C(=O)NCCOCCOCCNC([NH3+])=O)cc1. The molecule has 0 fully saturated rings. The lowest BCUT2D eigenvalue weighted by Gasteiger charge is -2.07. The van der Waals surface area contributed by atoms with Crippen LogP contribution in [0.15, 0.2) is 29.2 Å². The molecule has 1 aromatic carbocycles. The highest BCUT2D eigenvalue weighted by Gasteiger charge is 2.09. The quantitative estimate of drug-likeness (QED) is 0.328. The van der Waals surface area contributed by atoms with Crippen LogP contribution in [-0.2, 0) is 19.5 Å². The van der Waals surface area contributed by atoms with E-state index in [0.29, 0.717) is 45.1 Å². The van der Waals surface area contributed by atoms with Gasteiger partial charge in [0, 0.05) is 18.7 Å². The highest BCUT2D eigenvalue weighted by Crippen LogP contribution is 2.08. The van der Waals surface area contributed by atoms with Crippen LogP contribution in [0.4, 0.5) is 4.79 Å². The lowest BCUT2D eigenvalue weighted by Crippen LogP contribution is -2.63. The van der Waals surface area contributed by atoms with E-state index in [-0.39, 0.29) is 16.8 Å². The van der Waals surface area contributed by atoms with Gasteiger partial charge in [-0.25, -0.2) is 18.4 Å². The molecule has 140 valence electrons. The maximum Gasteiger partial charge on any atom is 0.411 e. The molecule has 0 aliphatic rings. The normalized spacial score (nSPS) is 11.1. The molecule has 0 heterocycles. The van der Waals surface area contributed by atoms with E-state index < -0.39 is 10.0 Å². The smallest absolute Gasteiger partial charge is 0.377 e. The Bertz CT molecular complexity index is 662. The van der Waals surface area contributed by atoms with Gasteiger partial charge in [-0.15, -0.1) is 0 Å². The summed E-state index contributed by atoms with van der Waals surface area (Å²) in [6.45, 7) is 2.10. The van der Waals surface area contributed by atoms with Gasteiger partial charge in [0.05, 0.1) is 31.3 Å². The van der Waals surface area contributed by atoms with Gasteiger partial charge in [0.25, 0.3) is 5.91 Å². The van der Waals surface area contributed by atoms with E-state index in [1.165, 1.54) is 24.3 Å². The van der Waals surface area contributed by atoms with Crippen LogP contribution < -0.4 is 21.5 Å². The number of carbonyl (C=O) groups is 2. The van der Waals surface area contributed by atoms with Gasteiger partial charge in [-0.2, -0.15) is 0 Å². The summed E-state index contributed by atoms with van der Waals surface area (Å²) in [5, 5.41) is 10.1. The van der Waals surface area contributed by atoms with E-state index >= 15 is 0 Å². The number of nitrogens with two attached hydrogens (primary N) is 1. The molecule has 1 aromatic rings. The number of primary sulfonamides is 1. The number of sulfonamides is 1. The number of benzene rings is 1. The lowest BCUT2D eigenvalue weighted by atomic mass is 10.2. The van der Waals surface area contributed by atoms with Crippen molar-refractivity contribution in [3.8, 4) is 0 Å². The zero-order chi connectivity index (χ0) is 18.7. The fourth-order valence-corrected chi connectivity index (χ4v) is 2.23. The molecule has 1 rings (SSSR count). The second-order valence-electron chi connectivity index (χ2n) is 4.90. The number of urea groups is 1. The Labute approximate surface area is 145 Å². The molecule has 10 nitrogen and oxygen atoms in total. The summed E-state index contributed by atoms with van der Waals surface area (Å²) in [6.07, 6.45) is 0. The Balaban J connectivity index is 2.12. The Morgan fingerprint density at radius 1 is 0.960 bits per heavy atom. The predicted octanol–water partition coefficient (Wildman–Crippen LogP) is -1.95. The molecule has 0 saturated heterocycles. The number of carbonyl (C=O) groups excluding carboxylic acids is 2. The van der Waals surface area contributed by atoms with Crippen molar-refractivity contribution in [2.45, 2.75) is 4.90 Å². The molecule has 0 radical (unpaired) electrons. The van der Waals surface area contributed by atoms with Crippen LogP contribution in [0, 0.1) is 0 Å². The van der Waals surface area contributed by atoms with Crippen molar-refractivity contribution in [3.05, 3.63) is 29.8 Å². The van der Waals surface area contributed by atoms with Crippen molar-refractivity contribution in [1.29, 1.82) is 0 Å². The van der Waals surface area contributed by atoms with Gasteiger partial charge in [-0.3, -0.25) is 10.5 Å². The van der Waals surface area contributed by atoms with Crippen LogP contribution in [0.25, 0.3) is 0 Å². The summed E-state index contributed by atoms with van der Waals surface area (Å²) in [6, 6.07) is 4.96. The second kappa shape index (κ2) is 10.7. The van der Waals surface area contributed by atoms with E-state index in [1.54, 1.807) is 0 Å². The molecule has 0 aliphatic heterocycles. The number of rotatable bonds is 11. The van der Waals surface area contributed by atoms with Crippen LogP contribution >= 0.6 is 0 Å². The average Bonchev–Trinajstić information content (AvgIpc) is 2.55. The van der Waals surface area contributed by atoms with Crippen LogP contribution in [-0.4, -0.2) is 59.9 Å². The number of amides is 3. The van der Waals surface area contributed by atoms with Crippen LogP contribution in [0.1, 0.15) is 10.4 Å². The summed E-state index contributed by atoms with van der Waals surface area (Å²) in [5.74, 6) is -0.343. The standard InChI is InChI=1S/C14H22N4O6S/c15-14(20)18-6-8-24-10-9-23-7-5-17-13(19)11-1-3-12(4-2-11)25(16,21)22/h1-4H,5-10H2,(H,17,19)(H3,15,18,20)(H2,16,21,22)/p+1. The Kier molecular flexibility index (Phi) is 9.02. The van der Waals surface area contributed by atoms with Crippen molar-refractivity contribution in [2.24, 2.45) is 5.14 Å². The van der Waals surface area contributed by atoms with E-state index in [4.69, 9.17) is 14.6 Å². The van der Waals surface area contributed by atoms with Crippen molar-refractivity contribution in [2.75, 3.05) is 39.5 Å². The van der Waals surface area contributed by atoms with Gasteiger partial charge in [0.1, 0.15) is 0 Å². The van der Waals surface area contributed by atoms with Gasteiger partial charge in [-0.1, -0.05) is 0 Å². The van der Waals surface area contributed by atoms with E-state index in [2.05, 4.69) is 16.4 Å². The Morgan fingerprint density at radius 2 is 1.48 bits per heavy atom. The minimum Gasteiger partial charge on any atom is -0.377 e. The average molecular weight is 375 g/mol. The third kappa shape index (κ3) is 9.12. The maximum absolute atomic E-state index is 11.9. The Morgan fingerprint density at radius 3 is 1.96 bits per heavy atom. The molecule has 0 aliphatic carbocycles.